The van der Waals surface area contributed by atoms with Crippen LogP contribution in [0.3, 0.4) is 0 Å². The SMILES string of the molecule is CCNCc1ccc(F)c(COc2cnn(C(C)C)c2)c1. The Kier molecular flexibility index (Phi) is 5.33. The van der Waals surface area contributed by atoms with E-state index in [1.54, 1.807) is 12.3 Å². The summed E-state index contributed by atoms with van der Waals surface area (Å²) in [6.45, 7) is 7.95. The van der Waals surface area contributed by atoms with E-state index in [1.807, 2.05) is 37.7 Å². The lowest BCUT2D eigenvalue weighted by Crippen LogP contribution is -2.12. The molecule has 0 aliphatic heterocycles. The lowest BCUT2D eigenvalue weighted by atomic mass is 10.1. The fourth-order valence-corrected chi connectivity index (χ4v) is 1.96. The number of nitrogens with zero attached hydrogens (tertiary/aromatic N) is 2. The van der Waals surface area contributed by atoms with Crippen molar-refractivity contribution in [1.82, 2.24) is 15.1 Å². The van der Waals surface area contributed by atoms with E-state index in [4.69, 9.17) is 4.74 Å². The van der Waals surface area contributed by atoms with Gasteiger partial charge >= 0.3 is 0 Å². The Labute approximate surface area is 124 Å². The van der Waals surface area contributed by atoms with Crippen LogP contribution in [-0.2, 0) is 13.2 Å². The lowest BCUT2D eigenvalue weighted by Gasteiger charge is -2.08. The number of ether oxygens (including phenoxy) is 1. The molecular formula is C16H22FN3O. The summed E-state index contributed by atoms with van der Waals surface area (Å²) in [6, 6.07) is 5.40. The van der Waals surface area contributed by atoms with Gasteiger partial charge in [0.1, 0.15) is 12.4 Å². The maximum absolute atomic E-state index is 13.8. The Morgan fingerprint density at radius 3 is 2.86 bits per heavy atom. The van der Waals surface area contributed by atoms with Crippen LogP contribution in [0.2, 0.25) is 0 Å². The highest BCUT2D eigenvalue weighted by Gasteiger charge is 2.07. The highest BCUT2D eigenvalue weighted by atomic mass is 19.1. The fourth-order valence-electron chi connectivity index (χ4n) is 1.96. The third kappa shape index (κ3) is 4.29. The molecule has 0 fully saturated rings. The molecule has 0 saturated heterocycles. The van der Waals surface area contributed by atoms with Crippen molar-refractivity contribution in [3.63, 3.8) is 0 Å². The van der Waals surface area contributed by atoms with Crippen molar-refractivity contribution < 1.29 is 9.13 Å². The van der Waals surface area contributed by atoms with Crippen molar-refractivity contribution in [3.8, 4) is 5.75 Å². The topological polar surface area (TPSA) is 39.1 Å². The molecule has 0 saturated carbocycles. The van der Waals surface area contributed by atoms with E-state index in [0.29, 0.717) is 11.3 Å². The fraction of sp³-hybridized carbons (Fsp3) is 0.438. The van der Waals surface area contributed by atoms with E-state index in [1.165, 1.54) is 6.07 Å². The number of halogens is 1. The maximum Gasteiger partial charge on any atom is 0.157 e. The normalized spacial score (nSPS) is 11.1. The van der Waals surface area contributed by atoms with Crippen molar-refractivity contribution in [3.05, 3.63) is 47.5 Å². The molecule has 0 aliphatic carbocycles. The first-order valence-corrected chi connectivity index (χ1v) is 7.25. The summed E-state index contributed by atoms with van der Waals surface area (Å²) in [6.07, 6.45) is 3.48. The maximum atomic E-state index is 13.8. The first kappa shape index (κ1) is 15.5. The minimum absolute atomic E-state index is 0.204. The van der Waals surface area contributed by atoms with Gasteiger partial charge in [-0.05, 0) is 38.1 Å². The third-order valence-electron chi connectivity index (χ3n) is 3.19. The Hall–Kier alpha value is -1.88. The second-order valence-electron chi connectivity index (χ2n) is 5.24. The number of benzene rings is 1. The molecule has 0 spiro atoms. The second-order valence-corrected chi connectivity index (χ2v) is 5.24. The van der Waals surface area contributed by atoms with Crippen LogP contribution >= 0.6 is 0 Å². The zero-order valence-corrected chi connectivity index (χ0v) is 12.8. The van der Waals surface area contributed by atoms with Crippen LogP contribution in [-0.4, -0.2) is 16.3 Å². The minimum atomic E-state index is -0.244. The van der Waals surface area contributed by atoms with E-state index < -0.39 is 0 Å². The van der Waals surface area contributed by atoms with Crippen LogP contribution in [0.5, 0.6) is 5.75 Å². The number of hydrogen-bond donors (Lipinski definition) is 1. The summed E-state index contributed by atoms with van der Waals surface area (Å²) in [5.74, 6) is 0.409. The van der Waals surface area contributed by atoms with Crippen molar-refractivity contribution in [2.24, 2.45) is 0 Å². The van der Waals surface area contributed by atoms with Gasteiger partial charge in [-0.15, -0.1) is 0 Å². The molecule has 1 N–H and O–H groups in total. The van der Waals surface area contributed by atoms with Gasteiger partial charge in [0.25, 0.3) is 0 Å². The monoisotopic (exact) mass is 291 g/mol. The first-order valence-electron chi connectivity index (χ1n) is 7.25. The highest BCUT2D eigenvalue weighted by molar-refractivity contribution is 5.25. The van der Waals surface area contributed by atoms with Gasteiger partial charge in [-0.1, -0.05) is 13.0 Å². The molecule has 0 radical (unpaired) electrons. The molecule has 0 atom stereocenters. The standard InChI is InChI=1S/C16H22FN3O/c1-4-18-8-13-5-6-16(17)14(7-13)11-21-15-9-19-20(10-15)12(2)3/h5-7,9-10,12,18H,4,8,11H2,1-3H3. The summed E-state index contributed by atoms with van der Waals surface area (Å²) in [7, 11) is 0. The molecule has 2 aromatic rings. The number of hydrogen-bond acceptors (Lipinski definition) is 3. The van der Waals surface area contributed by atoms with Gasteiger partial charge in [0.2, 0.25) is 0 Å². The van der Waals surface area contributed by atoms with Crippen molar-refractivity contribution >= 4 is 0 Å². The number of rotatable bonds is 7. The molecule has 114 valence electrons. The molecule has 0 amide bonds. The Bertz CT molecular complexity index is 581. The molecule has 0 bridgehead atoms. The van der Waals surface area contributed by atoms with Crippen LogP contribution in [0.1, 0.15) is 37.9 Å². The Balaban J connectivity index is 2.01. The predicted molar refractivity (Wildman–Crippen MR) is 80.7 cm³/mol. The molecule has 1 aromatic heterocycles. The average molecular weight is 291 g/mol. The Morgan fingerprint density at radius 1 is 1.38 bits per heavy atom. The molecule has 2 rings (SSSR count). The zero-order chi connectivity index (χ0) is 15.2. The molecule has 1 heterocycles. The highest BCUT2D eigenvalue weighted by Crippen LogP contribution is 2.17. The van der Waals surface area contributed by atoms with Crippen molar-refractivity contribution in [2.75, 3.05) is 6.54 Å². The summed E-state index contributed by atoms with van der Waals surface area (Å²) in [4.78, 5) is 0. The van der Waals surface area contributed by atoms with Crippen LogP contribution < -0.4 is 10.1 Å². The van der Waals surface area contributed by atoms with Crippen LogP contribution in [0.25, 0.3) is 0 Å². The van der Waals surface area contributed by atoms with E-state index in [0.717, 1.165) is 18.7 Å². The predicted octanol–water partition coefficient (Wildman–Crippen LogP) is 3.29. The molecular weight excluding hydrogens is 269 g/mol. The van der Waals surface area contributed by atoms with Crippen LogP contribution in [0.15, 0.2) is 30.6 Å². The number of nitrogens with one attached hydrogen (secondary N) is 1. The zero-order valence-electron chi connectivity index (χ0n) is 12.8. The third-order valence-corrected chi connectivity index (χ3v) is 3.19. The van der Waals surface area contributed by atoms with Crippen molar-refractivity contribution in [2.45, 2.75) is 40.0 Å². The van der Waals surface area contributed by atoms with Gasteiger partial charge in [0.05, 0.1) is 12.4 Å². The average Bonchev–Trinajstić information content (AvgIpc) is 2.94. The van der Waals surface area contributed by atoms with E-state index in [2.05, 4.69) is 10.4 Å². The van der Waals surface area contributed by atoms with Gasteiger partial charge in [0.15, 0.2) is 5.75 Å². The summed E-state index contributed by atoms with van der Waals surface area (Å²) in [5, 5.41) is 7.42. The summed E-state index contributed by atoms with van der Waals surface area (Å²) in [5.41, 5.74) is 1.61. The molecule has 4 nitrogen and oxygen atoms in total. The minimum Gasteiger partial charge on any atom is -0.486 e. The second kappa shape index (κ2) is 7.22. The van der Waals surface area contributed by atoms with Gasteiger partial charge in [-0.3, -0.25) is 4.68 Å². The number of aromatic nitrogens is 2. The molecule has 5 heteroatoms. The molecule has 21 heavy (non-hydrogen) atoms. The largest absolute Gasteiger partial charge is 0.486 e. The van der Waals surface area contributed by atoms with Gasteiger partial charge in [-0.25, -0.2) is 4.39 Å². The van der Waals surface area contributed by atoms with Gasteiger partial charge < -0.3 is 10.1 Å². The van der Waals surface area contributed by atoms with Gasteiger partial charge in [0, 0.05) is 18.2 Å². The van der Waals surface area contributed by atoms with E-state index in [9.17, 15) is 4.39 Å². The Morgan fingerprint density at radius 2 is 2.19 bits per heavy atom. The van der Waals surface area contributed by atoms with Crippen LogP contribution in [0.4, 0.5) is 4.39 Å². The van der Waals surface area contributed by atoms with Crippen LogP contribution in [0, 0.1) is 5.82 Å². The van der Waals surface area contributed by atoms with Crippen molar-refractivity contribution in [1.29, 1.82) is 0 Å². The molecule has 1 aromatic carbocycles. The molecule has 0 aliphatic rings. The van der Waals surface area contributed by atoms with Gasteiger partial charge in [-0.2, -0.15) is 5.10 Å². The van der Waals surface area contributed by atoms with E-state index >= 15 is 0 Å². The quantitative estimate of drug-likeness (QED) is 0.851. The summed E-state index contributed by atoms with van der Waals surface area (Å²) >= 11 is 0. The summed E-state index contributed by atoms with van der Waals surface area (Å²) < 4.78 is 21.2. The van der Waals surface area contributed by atoms with E-state index in [-0.39, 0.29) is 18.5 Å². The lowest BCUT2D eigenvalue weighted by molar-refractivity contribution is 0.299. The smallest absolute Gasteiger partial charge is 0.157 e. The molecule has 0 unspecified atom stereocenters. The first-order chi connectivity index (χ1) is 10.1.